The van der Waals surface area contributed by atoms with E-state index < -0.39 is 36.2 Å². The zero-order valence-electron chi connectivity index (χ0n) is 13.0. The molecule has 2 aromatic heterocycles. The molecule has 0 bridgehead atoms. The molecule has 5 nitrogen and oxygen atoms in total. The van der Waals surface area contributed by atoms with Crippen LogP contribution in [0, 0.1) is 0 Å². The van der Waals surface area contributed by atoms with E-state index in [1.165, 1.54) is 25.1 Å². The van der Waals surface area contributed by atoms with Gasteiger partial charge >= 0.3 is 12.4 Å². The Labute approximate surface area is 137 Å². The Morgan fingerprint density at radius 2 is 1.80 bits per heavy atom. The first-order valence-electron chi connectivity index (χ1n) is 6.78. The zero-order chi connectivity index (χ0) is 19.0. The molecule has 0 fully saturated rings. The van der Waals surface area contributed by atoms with Crippen molar-refractivity contribution < 1.29 is 31.1 Å². The van der Waals surface area contributed by atoms with Crippen molar-refractivity contribution in [3.05, 3.63) is 35.8 Å². The minimum absolute atomic E-state index is 0.0348. The van der Waals surface area contributed by atoms with Crippen molar-refractivity contribution in [2.45, 2.75) is 18.9 Å². The molecule has 2 rings (SSSR count). The van der Waals surface area contributed by atoms with Gasteiger partial charge in [0, 0.05) is 25.9 Å². The Kier molecular flexibility index (Phi) is 4.78. The number of carbonyl (C=O) groups is 1. The molecule has 1 amide bonds. The highest BCUT2D eigenvalue weighted by Gasteiger charge is 2.37. The van der Waals surface area contributed by atoms with Gasteiger partial charge in [-0.15, -0.1) is 0 Å². The summed E-state index contributed by atoms with van der Waals surface area (Å²) in [6.45, 7) is -1.70. The van der Waals surface area contributed by atoms with Gasteiger partial charge in [-0.3, -0.25) is 14.5 Å². The third kappa shape index (κ3) is 4.48. The summed E-state index contributed by atoms with van der Waals surface area (Å²) in [5, 5.41) is 3.01. The quantitative estimate of drug-likeness (QED) is 0.784. The molecule has 0 aliphatic rings. The molecular weight excluding hydrogens is 354 g/mol. The van der Waals surface area contributed by atoms with Crippen LogP contribution in [0.2, 0.25) is 0 Å². The monoisotopic (exact) mass is 366 g/mol. The maximum absolute atomic E-state index is 12.8. The molecule has 0 aromatic carbocycles. The fraction of sp³-hybridized carbons (Fsp3) is 0.357. The second-order valence-electron chi connectivity index (χ2n) is 5.31. The van der Waals surface area contributed by atoms with E-state index in [1.807, 2.05) is 0 Å². The fourth-order valence-corrected chi connectivity index (χ4v) is 2.01. The average Bonchev–Trinajstić information content (AvgIpc) is 2.88. The number of amides is 1. The van der Waals surface area contributed by atoms with Crippen molar-refractivity contribution >= 4 is 5.91 Å². The lowest BCUT2D eigenvalue weighted by atomic mass is 10.1. The van der Waals surface area contributed by atoms with E-state index in [1.54, 1.807) is 0 Å². The van der Waals surface area contributed by atoms with Crippen molar-refractivity contribution in [3.8, 4) is 11.3 Å². The van der Waals surface area contributed by atoms with Crippen LogP contribution >= 0.6 is 0 Å². The molecule has 0 aliphatic carbocycles. The van der Waals surface area contributed by atoms with E-state index >= 15 is 0 Å². The number of rotatable bonds is 3. The van der Waals surface area contributed by atoms with Crippen LogP contribution in [-0.2, 0) is 12.7 Å². The van der Waals surface area contributed by atoms with E-state index in [9.17, 15) is 31.1 Å². The molecule has 0 saturated carbocycles. The predicted molar refractivity (Wildman–Crippen MR) is 74.5 cm³/mol. The first kappa shape index (κ1) is 18.7. The Bertz CT molecular complexity index is 778. The lowest BCUT2D eigenvalue weighted by Gasteiger charge is -2.12. The molecule has 0 saturated heterocycles. The highest BCUT2D eigenvalue weighted by molar-refractivity contribution is 5.93. The Morgan fingerprint density at radius 1 is 1.16 bits per heavy atom. The first-order chi connectivity index (χ1) is 11.4. The summed E-state index contributed by atoms with van der Waals surface area (Å²) in [5.41, 5.74) is -2.02. The Morgan fingerprint density at radius 3 is 2.32 bits per heavy atom. The number of aromatic nitrogens is 3. The standard InChI is InChI=1S/C14H12F6N4O/c1-23(2)12(25)9-5-8(3-4-21-9)10-6-11(14(18,19)20)22-24(10)7-13(15,16)17/h3-6H,7H2,1-2H3. The van der Waals surface area contributed by atoms with E-state index in [2.05, 4.69) is 10.1 Å². The van der Waals surface area contributed by atoms with Gasteiger partial charge in [-0.1, -0.05) is 0 Å². The number of alkyl halides is 6. The van der Waals surface area contributed by atoms with Crippen LogP contribution in [0.3, 0.4) is 0 Å². The summed E-state index contributed by atoms with van der Waals surface area (Å²) in [6.07, 6.45) is -8.54. The number of pyridine rings is 1. The Balaban J connectivity index is 2.55. The Hall–Kier alpha value is -2.59. The molecule has 0 atom stereocenters. The highest BCUT2D eigenvalue weighted by atomic mass is 19.4. The van der Waals surface area contributed by atoms with Gasteiger partial charge in [-0.2, -0.15) is 31.4 Å². The van der Waals surface area contributed by atoms with E-state index in [4.69, 9.17) is 0 Å². The molecule has 11 heteroatoms. The smallest absolute Gasteiger partial charge is 0.343 e. The number of halogens is 6. The van der Waals surface area contributed by atoms with Crippen molar-refractivity contribution in [2.75, 3.05) is 14.1 Å². The normalized spacial score (nSPS) is 12.3. The van der Waals surface area contributed by atoms with Gasteiger partial charge in [0.2, 0.25) is 0 Å². The largest absolute Gasteiger partial charge is 0.435 e. The van der Waals surface area contributed by atoms with Crippen LogP contribution in [0.5, 0.6) is 0 Å². The predicted octanol–water partition coefficient (Wildman–Crippen LogP) is 3.23. The molecule has 136 valence electrons. The van der Waals surface area contributed by atoms with Crippen LogP contribution in [0.15, 0.2) is 24.4 Å². The van der Waals surface area contributed by atoms with Crippen molar-refractivity contribution in [1.82, 2.24) is 19.7 Å². The van der Waals surface area contributed by atoms with Crippen LogP contribution in [-0.4, -0.2) is 45.8 Å². The molecule has 2 aromatic rings. The molecule has 2 heterocycles. The van der Waals surface area contributed by atoms with Gasteiger partial charge in [0.15, 0.2) is 5.69 Å². The van der Waals surface area contributed by atoms with Crippen LogP contribution in [0.4, 0.5) is 26.3 Å². The van der Waals surface area contributed by atoms with Crippen LogP contribution < -0.4 is 0 Å². The van der Waals surface area contributed by atoms with Crippen LogP contribution in [0.25, 0.3) is 11.3 Å². The third-order valence-electron chi connectivity index (χ3n) is 3.08. The topological polar surface area (TPSA) is 51.0 Å². The van der Waals surface area contributed by atoms with Crippen molar-refractivity contribution in [1.29, 1.82) is 0 Å². The molecule has 0 aliphatic heterocycles. The number of carbonyl (C=O) groups excluding carboxylic acids is 1. The summed E-state index contributed by atoms with van der Waals surface area (Å²) in [6, 6.07) is 2.83. The average molecular weight is 366 g/mol. The van der Waals surface area contributed by atoms with Gasteiger partial charge in [0.1, 0.15) is 12.2 Å². The summed E-state index contributed by atoms with van der Waals surface area (Å²) < 4.78 is 76.6. The summed E-state index contributed by atoms with van der Waals surface area (Å²) in [4.78, 5) is 16.8. The van der Waals surface area contributed by atoms with Gasteiger partial charge < -0.3 is 4.90 Å². The molecule has 0 unspecified atom stereocenters. The number of hydrogen-bond donors (Lipinski definition) is 0. The second-order valence-corrected chi connectivity index (χ2v) is 5.31. The van der Waals surface area contributed by atoms with E-state index in [0.29, 0.717) is 6.07 Å². The lowest BCUT2D eigenvalue weighted by molar-refractivity contribution is -0.148. The minimum atomic E-state index is -4.90. The SMILES string of the molecule is CN(C)C(=O)c1cc(-c2cc(C(F)(F)F)nn2CC(F)(F)F)ccn1. The lowest BCUT2D eigenvalue weighted by Crippen LogP contribution is -2.23. The minimum Gasteiger partial charge on any atom is -0.343 e. The first-order valence-corrected chi connectivity index (χ1v) is 6.78. The van der Waals surface area contributed by atoms with Gasteiger partial charge in [0.05, 0.1) is 5.69 Å². The third-order valence-corrected chi connectivity index (χ3v) is 3.08. The number of hydrogen-bond acceptors (Lipinski definition) is 3. The molecule has 0 N–H and O–H groups in total. The molecule has 0 spiro atoms. The van der Waals surface area contributed by atoms with Gasteiger partial charge in [0.25, 0.3) is 5.91 Å². The number of nitrogens with zero attached hydrogens (tertiary/aromatic N) is 4. The maximum atomic E-state index is 12.8. The summed E-state index contributed by atoms with van der Waals surface area (Å²) in [5.74, 6) is -0.542. The van der Waals surface area contributed by atoms with Crippen molar-refractivity contribution in [2.24, 2.45) is 0 Å². The van der Waals surface area contributed by atoms with Crippen molar-refractivity contribution in [3.63, 3.8) is 0 Å². The van der Waals surface area contributed by atoms with Gasteiger partial charge in [-0.05, 0) is 18.2 Å². The molecular formula is C14H12F6N4O. The molecule has 0 radical (unpaired) electrons. The summed E-state index contributed by atoms with van der Waals surface area (Å²) >= 11 is 0. The van der Waals surface area contributed by atoms with E-state index in [-0.39, 0.29) is 15.9 Å². The highest BCUT2D eigenvalue weighted by Crippen LogP contribution is 2.33. The maximum Gasteiger partial charge on any atom is 0.435 e. The fourth-order valence-electron chi connectivity index (χ4n) is 2.01. The second kappa shape index (κ2) is 6.37. The van der Waals surface area contributed by atoms with E-state index in [0.717, 1.165) is 12.3 Å². The summed E-state index contributed by atoms with van der Waals surface area (Å²) in [7, 11) is 2.87. The molecule has 25 heavy (non-hydrogen) atoms. The van der Waals surface area contributed by atoms with Gasteiger partial charge in [-0.25, -0.2) is 0 Å². The zero-order valence-corrected chi connectivity index (χ0v) is 13.0. The van der Waals surface area contributed by atoms with Crippen LogP contribution in [0.1, 0.15) is 16.2 Å².